The summed E-state index contributed by atoms with van der Waals surface area (Å²) in [5, 5.41) is 3.49. The third kappa shape index (κ3) is 3.71. The van der Waals surface area contributed by atoms with Gasteiger partial charge in [0, 0.05) is 0 Å². The first-order valence-electron chi connectivity index (χ1n) is 6.73. The van der Waals surface area contributed by atoms with Crippen molar-refractivity contribution in [2.24, 2.45) is 0 Å². The van der Waals surface area contributed by atoms with Crippen LogP contribution in [0.1, 0.15) is 36.3 Å². The molecule has 1 atom stereocenters. The fraction of sp³-hybridized carbons (Fsp3) is 0.375. The van der Waals surface area contributed by atoms with Crippen LogP contribution in [-0.4, -0.2) is 6.54 Å². The average molecular weight is 322 g/mol. The molecule has 2 aromatic rings. The lowest BCUT2D eigenvalue weighted by Gasteiger charge is -2.16. The number of furan rings is 1. The van der Waals surface area contributed by atoms with Crippen LogP contribution in [0.5, 0.6) is 0 Å². The minimum Gasteiger partial charge on any atom is -0.466 e. The maximum absolute atomic E-state index is 5.59. The van der Waals surface area contributed by atoms with Gasteiger partial charge in [-0.1, -0.05) is 31.2 Å². The quantitative estimate of drug-likeness (QED) is 0.838. The molecular formula is C16H20BrNO. The van der Waals surface area contributed by atoms with Gasteiger partial charge in [-0.3, -0.25) is 0 Å². The van der Waals surface area contributed by atoms with E-state index in [4.69, 9.17) is 4.42 Å². The Balaban J connectivity index is 2.06. The van der Waals surface area contributed by atoms with Gasteiger partial charge in [-0.25, -0.2) is 0 Å². The summed E-state index contributed by atoms with van der Waals surface area (Å²) in [5.41, 5.74) is 2.77. The molecule has 1 heterocycles. The molecular weight excluding hydrogens is 302 g/mol. The van der Waals surface area contributed by atoms with E-state index >= 15 is 0 Å². The molecule has 0 saturated heterocycles. The van der Waals surface area contributed by atoms with Crippen molar-refractivity contribution in [3.63, 3.8) is 0 Å². The van der Waals surface area contributed by atoms with Crippen LogP contribution in [0.15, 0.2) is 45.5 Å². The standard InChI is InChI=1S/C16H20BrNO/c1-3-18-15(16-14(17)10-11-19-16)9-8-13-7-5-4-6-12(13)2/h4-7,10-11,15,18H,3,8-9H2,1-2H3. The number of hydrogen-bond acceptors (Lipinski definition) is 2. The summed E-state index contributed by atoms with van der Waals surface area (Å²) in [4.78, 5) is 0. The molecule has 0 fully saturated rings. The van der Waals surface area contributed by atoms with Crippen LogP contribution in [0.25, 0.3) is 0 Å². The zero-order chi connectivity index (χ0) is 13.7. The van der Waals surface area contributed by atoms with E-state index in [0.29, 0.717) is 0 Å². The minimum absolute atomic E-state index is 0.258. The highest BCUT2D eigenvalue weighted by molar-refractivity contribution is 9.10. The zero-order valence-corrected chi connectivity index (χ0v) is 13.0. The number of aryl methyl sites for hydroxylation is 2. The van der Waals surface area contributed by atoms with Crippen molar-refractivity contribution in [1.29, 1.82) is 0 Å². The molecule has 1 unspecified atom stereocenters. The van der Waals surface area contributed by atoms with Crippen LogP contribution < -0.4 is 5.32 Å². The summed E-state index contributed by atoms with van der Waals surface area (Å²) in [7, 11) is 0. The van der Waals surface area contributed by atoms with Crippen LogP contribution in [0, 0.1) is 6.92 Å². The topological polar surface area (TPSA) is 25.2 Å². The smallest absolute Gasteiger partial charge is 0.134 e. The molecule has 1 aromatic heterocycles. The van der Waals surface area contributed by atoms with Crippen molar-refractivity contribution in [1.82, 2.24) is 5.32 Å². The lowest BCUT2D eigenvalue weighted by Crippen LogP contribution is -2.21. The summed E-state index contributed by atoms with van der Waals surface area (Å²) < 4.78 is 6.63. The van der Waals surface area contributed by atoms with Gasteiger partial charge in [0.05, 0.1) is 16.8 Å². The Morgan fingerprint density at radius 1 is 1.26 bits per heavy atom. The van der Waals surface area contributed by atoms with Crippen molar-refractivity contribution in [2.45, 2.75) is 32.7 Å². The van der Waals surface area contributed by atoms with E-state index < -0.39 is 0 Å². The molecule has 0 saturated carbocycles. The van der Waals surface area contributed by atoms with Crippen LogP contribution >= 0.6 is 15.9 Å². The molecule has 0 spiro atoms. The van der Waals surface area contributed by atoms with Gasteiger partial charge in [0.1, 0.15) is 5.76 Å². The van der Waals surface area contributed by atoms with Gasteiger partial charge in [-0.15, -0.1) is 0 Å². The van der Waals surface area contributed by atoms with Crippen molar-refractivity contribution < 1.29 is 4.42 Å². The van der Waals surface area contributed by atoms with E-state index in [1.807, 2.05) is 6.07 Å². The number of halogens is 1. The fourth-order valence-electron chi connectivity index (χ4n) is 2.32. The Kier molecular flexibility index (Phi) is 5.23. The Morgan fingerprint density at radius 2 is 2.05 bits per heavy atom. The molecule has 102 valence electrons. The van der Waals surface area contributed by atoms with Crippen LogP contribution in [0.4, 0.5) is 0 Å². The van der Waals surface area contributed by atoms with Crippen molar-refractivity contribution in [3.05, 3.63) is 58.0 Å². The SMILES string of the molecule is CCNC(CCc1ccccc1C)c1occc1Br. The largest absolute Gasteiger partial charge is 0.466 e. The number of hydrogen-bond donors (Lipinski definition) is 1. The van der Waals surface area contributed by atoms with E-state index in [0.717, 1.165) is 29.6 Å². The third-order valence-electron chi connectivity index (χ3n) is 3.38. The van der Waals surface area contributed by atoms with Gasteiger partial charge in [-0.05, 0) is 59.4 Å². The third-order valence-corrected chi connectivity index (χ3v) is 4.03. The van der Waals surface area contributed by atoms with Crippen molar-refractivity contribution in [3.8, 4) is 0 Å². The summed E-state index contributed by atoms with van der Waals surface area (Å²) >= 11 is 3.54. The van der Waals surface area contributed by atoms with E-state index in [-0.39, 0.29) is 6.04 Å². The summed E-state index contributed by atoms with van der Waals surface area (Å²) in [5.74, 6) is 0.996. The molecule has 19 heavy (non-hydrogen) atoms. The number of benzene rings is 1. The first-order valence-corrected chi connectivity index (χ1v) is 7.52. The van der Waals surface area contributed by atoms with Gasteiger partial charge < -0.3 is 9.73 Å². The predicted octanol–water partition coefficient (Wildman–Crippen LogP) is 4.63. The van der Waals surface area contributed by atoms with Crippen molar-refractivity contribution in [2.75, 3.05) is 6.54 Å². The molecule has 3 heteroatoms. The lowest BCUT2D eigenvalue weighted by atomic mass is 10.00. The second kappa shape index (κ2) is 6.92. The number of rotatable bonds is 6. The molecule has 0 aliphatic rings. The molecule has 2 rings (SSSR count). The highest BCUT2D eigenvalue weighted by atomic mass is 79.9. The van der Waals surface area contributed by atoms with Gasteiger partial charge in [-0.2, -0.15) is 0 Å². The molecule has 0 amide bonds. The molecule has 0 bridgehead atoms. The minimum atomic E-state index is 0.258. The first-order chi connectivity index (χ1) is 9.22. The monoisotopic (exact) mass is 321 g/mol. The van der Waals surface area contributed by atoms with E-state index in [2.05, 4.69) is 59.4 Å². The second-order valence-electron chi connectivity index (χ2n) is 4.71. The van der Waals surface area contributed by atoms with E-state index in [9.17, 15) is 0 Å². The summed E-state index contributed by atoms with van der Waals surface area (Å²) in [6, 6.07) is 10.8. The Morgan fingerprint density at radius 3 is 2.68 bits per heavy atom. The van der Waals surface area contributed by atoms with Gasteiger partial charge in [0.25, 0.3) is 0 Å². The van der Waals surface area contributed by atoms with Crippen LogP contribution in [0.3, 0.4) is 0 Å². The maximum Gasteiger partial charge on any atom is 0.134 e. The molecule has 0 aliphatic carbocycles. The van der Waals surface area contributed by atoms with Crippen LogP contribution in [-0.2, 0) is 6.42 Å². The van der Waals surface area contributed by atoms with E-state index in [1.54, 1.807) is 6.26 Å². The molecule has 1 N–H and O–H groups in total. The summed E-state index contributed by atoms with van der Waals surface area (Å²) in [6.07, 6.45) is 3.82. The number of nitrogens with one attached hydrogen (secondary N) is 1. The molecule has 0 aliphatic heterocycles. The Labute approximate surface area is 123 Å². The fourth-order valence-corrected chi connectivity index (χ4v) is 2.79. The van der Waals surface area contributed by atoms with Crippen LogP contribution in [0.2, 0.25) is 0 Å². The Bertz CT molecular complexity index is 521. The second-order valence-corrected chi connectivity index (χ2v) is 5.56. The molecule has 1 aromatic carbocycles. The van der Waals surface area contributed by atoms with Crippen molar-refractivity contribution >= 4 is 15.9 Å². The first kappa shape index (κ1) is 14.4. The molecule has 0 radical (unpaired) electrons. The normalized spacial score (nSPS) is 12.6. The molecule has 2 nitrogen and oxygen atoms in total. The Hall–Kier alpha value is -1.06. The highest BCUT2D eigenvalue weighted by Crippen LogP contribution is 2.28. The summed E-state index contributed by atoms with van der Waals surface area (Å²) in [6.45, 7) is 5.23. The van der Waals surface area contributed by atoms with Gasteiger partial charge in [0.2, 0.25) is 0 Å². The lowest BCUT2D eigenvalue weighted by molar-refractivity contribution is 0.399. The maximum atomic E-state index is 5.59. The van der Waals surface area contributed by atoms with Gasteiger partial charge in [0.15, 0.2) is 0 Å². The van der Waals surface area contributed by atoms with E-state index in [1.165, 1.54) is 11.1 Å². The highest BCUT2D eigenvalue weighted by Gasteiger charge is 2.17. The van der Waals surface area contributed by atoms with Gasteiger partial charge >= 0.3 is 0 Å². The zero-order valence-electron chi connectivity index (χ0n) is 11.4. The average Bonchev–Trinajstić information content (AvgIpc) is 2.82. The predicted molar refractivity (Wildman–Crippen MR) is 82.3 cm³/mol.